The summed E-state index contributed by atoms with van der Waals surface area (Å²) < 4.78 is 2.15. The van der Waals surface area contributed by atoms with Crippen LogP contribution in [0.25, 0.3) is 5.82 Å². The predicted octanol–water partition coefficient (Wildman–Crippen LogP) is 4.72. The lowest BCUT2D eigenvalue weighted by Gasteiger charge is -2.25. The van der Waals surface area contributed by atoms with E-state index in [1.807, 2.05) is 24.4 Å². The number of fused-ring (bicyclic) bond motifs is 1. The Kier molecular flexibility index (Phi) is 4.13. The summed E-state index contributed by atoms with van der Waals surface area (Å²) in [5.74, 6) is 1.68. The van der Waals surface area contributed by atoms with Gasteiger partial charge in [0.1, 0.15) is 5.82 Å². The van der Waals surface area contributed by atoms with Gasteiger partial charge in [0.25, 0.3) is 0 Å². The third kappa shape index (κ3) is 2.97. The molecular formula is C20H26N2O. The van der Waals surface area contributed by atoms with Gasteiger partial charge in [0, 0.05) is 30.1 Å². The van der Waals surface area contributed by atoms with Crippen molar-refractivity contribution in [2.24, 2.45) is 5.92 Å². The molecule has 2 heterocycles. The highest BCUT2D eigenvalue weighted by molar-refractivity contribution is 6.00. The number of pyridine rings is 1. The summed E-state index contributed by atoms with van der Waals surface area (Å²) in [5.41, 5.74) is 3.22. The summed E-state index contributed by atoms with van der Waals surface area (Å²) >= 11 is 0. The third-order valence-corrected chi connectivity index (χ3v) is 4.74. The van der Waals surface area contributed by atoms with Gasteiger partial charge in [-0.25, -0.2) is 4.98 Å². The molecule has 0 saturated carbocycles. The van der Waals surface area contributed by atoms with E-state index >= 15 is 0 Å². The average Bonchev–Trinajstić information content (AvgIpc) is 2.89. The fourth-order valence-electron chi connectivity index (χ4n) is 3.65. The summed E-state index contributed by atoms with van der Waals surface area (Å²) in [6, 6.07) is 5.94. The Bertz CT molecular complexity index is 707. The van der Waals surface area contributed by atoms with Crippen LogP contribution < -0.4 is 0 Å². The maximum atomic E-state index is 12.8. The van der Waals surface area contributed by atoms with E-state index in [2.05, 4.69) is 43.4 Å². The van der Waals surface area contributed by atoms with E-state index in [1.165, 1.54) is 0 Å². The number of Topliss-reactive ketones (excluding diaryl/α,β-unsaturated/α-hetero) is 1. The van der Waals surface area contributed by atoms with Crippen molar-refractivity contribution in [3.8, 4) is 5.82 Å². The monoisotopic (exact) mass is 310 g/mol. The summed E-state index contributed by atoms with van der Waals surface area (Å²) in [6.07, 6.45) is 7.86. The Morgan fingerprint density at radius 3 is 2.65 bits per heavy atom. The van der Waals surface area contributed by atoms with Gasteiger partial charge < -0.3 is 4.57 Å². The van der Waals surface area contributed by atoms with Crippen LogP contribution in [0.3, 0.4) is 0 Å². The standard InChI is InChI=1S/C20H26N2O/c1-5-8-14-11-16-19(17(23)12-14)15(20(2,3)4)13-22(16)18-9-6-7-10-21-18/h6-7,9-10,13-14H,5,8,11-12H2,1-4H3. The largest absolute Gasteiger partial charge is 0.305 e. The highest BCUT2D eigenvalue weighted by Gasteiger charge is 2.34. The smallest absolute Gasteiger partial charge is 0.165 e. The first kappa shape index (κ1) is 16.0. The molecule has 0 aliphatic heterocycles. The van der Waals surface area contributed by atoms with Crippen molar-refractivity contribution in [2.45, 2.75) is 58.8 Å². The molecular weight excluding hydrogens is 284 g/mol. The molecule has 122 valence electrons. The quantitative estimate of drug-likeness (QED) is 0.822. The van der Waals surface area contributed by atoms with Crippen LogP contribution in [0.4, 0.5) is 0 Å². The Balaban J connectivity index is 2.17. The van der Waals surface area contributed by atoms with Gasteiger partial charge in [0.05, 0.1) is 0 Å². The number of rotatable bonds is 3. The van der Waals surface area contributed by atoms with Crippen LogP contribution in [0.15, 0.2) is 30.6 Å². The minimum atomic E-state index is -0.0443. The van der Waals surface area contributed by atoms with Crippen molar-refractivity contribution in [3.05, 3.63) is 47.4 Å². The molecule has 1 atom stereocenters. The Morgan fingerprint density at radius 2 is 2.04 bits per heavy atom. The molecule has 1 aliphatic rings. The molecule has 0 fully saturated rings. The van der Waals surface area contributed by atoms with Gasteiger partial charge in [-0.3, -0.25) is 4.79 Å². The van der Waals surface area contributed by atoms with Gasteiger partial charge in [-0.05, 0) is 41.9 Å². The Hall–Kier alpha value is -1.90. The molecule has 0 aromatic carbocycles. The van der Waals surface area contributed by atoms with Crippen LogP contribution in [-0.4, -0.2) is 15.3 Å². The van der Waals surface area contributed by atoms with E-state index in [-0.39, 0.29) is 5.41 Å². The zero-order chi connectivity index (χ0) is 16.6. The van der Waals surface area contributed by atoms with Crippen LogP contribution in [-0.2, 0) is 11.8 Å². The SMILES string of the molecule is CCCC1CC(=O)c2c(C(C)(C)C)cn(-c3ccccn3)c2C1. The molecule has 3 heteroatoms. The number of nitrogens with zero attached hydrogens (tertiary/aromatic N) is 2. The molecule has 0 saturated heterocycles. The number of ketones is 1. The molecule has 1 aliphatic carbocycles. The zero-order valence-corrected chi connectivity index (χ0v) is 14.6. The van der Waals surface area contributed by atoms with Crippen molar-refractivity contribution < 1.29 is 4.79 Å². The van der Waals surface area contributed by atoms with Crippen molar-refractivity contribution in [2.75, 3.05) is 0 Å². The van der Waals surface area contributed by atoms with Gasteiger partial charge in [0.2, 0.25) is 0 Å². The van der Waals surface area contributed by atoms with Crippen molar-refractivity contribution in [1.82, 2.24) is 9.55 Å². The van der Waals surface area contributed by atoms with Crippen LogP contribution >= 0.6 is 0 Å². The maximum Gasteiger partial charge on any atom is 0.165 e. The summed E-state index contributed by atoms with van der Waals surface area (Å²) in [6.45, 7) is 8.72. The molecule has 23 heavy (non-hydrogen) atoms. The highest BCUT2D eigenvalue weighted by Crippen LogP contribution is 2.38. The zero-order valence-electron chi connectivity index (χ0n) is 14.6. The molecule has 3 nitrogen and oxygen atoms in total. The molecule has 0 N–H and O–H groups in total. The lowest BCUT2D eigenvalue weighted by molar-refractivity contribution is 0.0943. The van der Waals surface area contributed by atoms with E-state index in [9.17, 15) is 4.79 Å². The van der Waals surface area contributed by atoms with Gasteiger partial charge in [-0.15, -0.1) is 0 Å². The minimum absolute atomic E-state index is 0.0443. The molecule has 1 unspecified atom stereocenters. The number of carbonyl (C=O) groups is 1. The summed E-state index contributed by atoms with van der Waals surface area (Å²) in [5, 5.41) is 0. The number of hydrogen-bond donors (Lipinski definition) is 0. The fourth-order valence-corrected chi connectivity index (χ4v) is 3.65. The normalized spacial score (nSPS) is 18.1. The topological polar surface area (TPSA) is 34.9 Å². The van der Waals surface area contributed by atoms with E-state index < -0.39 is 0 Å². The fraction of sp³-hybridized carbons (Fsp3) is 0.500. The van der Waals surface area contributed by atoms with Crippen LogP contribution in [0.1, 0.15) is 68.6 Å². The molecule has 0 amide bonds. The molecule has 2 aromatic heterocycles. The van der Waals surface area contributed by atoms with Gasteiger partial charge >= 0.3 is 0 Å². The second-order valence-corrected chi connectivity index (χ2v) is 7.66. The van der Waals surface area contributed by atoms with E-state index in [1.54, 1.807) is 0 Å². The van der Waals surface area contributed by atoms with Crippen molar-refractivity contribution in [1.29, 1.82) is 0 Å². The molecule has 2 aromatic rings. The minimum Gasteiger partial charge on any atom is -0.305 e. The first-order valence-electron chi connectivity index (χ1n) is 8.61. The van der Waals surface area contributed by atoms with E-state index in [0.29, 0.717) is 18.1 Å². The van der Waals surface area contributed by atoms with Gasteiger partial charge in [-0.1, -0.05) is 40.2 Å². The van der Waals surface area contributed by atoms with E-state index in [0.717, 1.165) is 41.9 Å². The van der Waals surface area contributed by atoms with Crippen LogP contribution in [0.2, 0.25) is 0 Å². The van der Waals surface area contributed by atoms with Crippen molar-refractivity contribution >= 4 is 5.78 Å². The Morgan fingerprint density at radius 1 is 1.26 bits per heavy atom. The second kappa shape index (κ2) is 5.95. The third-order valence-electron chi connectivity index (χ3n) is 4.74. The number of hydrogen-bond acceptors (Lipinski definition) is 2. The molecule has 3 rings (SSSR count). The molecule has 0 spiro atoms. The maximum absolute atomic E-state index is 12.8. The number of aromatic nitrogens is 2. The molecule has 0 bridgehead atoms. The summed E-state index contributed by atoms with van der Waals surface area (Å²) in [4.78, 5) is 17.3. The predicted molar refractivity (Wildman–Crippen MR) is 93.3 cm³/mol. The van der Waals surface area contributed by atoms with E-state index in [4.69, 9.17) is 0 Å². The van der Waals surface area contributed by atoms with Crippen LogP contribution in [0.5, 0.6) is 0 Å². The van der Waals surface area contributed by atoms with Crippen LogP contribution in [0, 0.1) is 5.92 Å². The van der Waals surface area contributed by atoms with Crippen molar-refractivity contribution in [3.63, 3.8) is 0 Å². The lowest BCUT2D eigenvalue weighted by atomic mass is 9.78. The first-order valence-corrected chi connectivity index (χ1v) is 8.61. The number of carbonyl (C=O) groups excluding carboxylic acids is 1. The Labute approximate surface area is 138 Å². The van der Waals surface area contributed by atoms with Gasteiger partial charge in [-0.2, -0.15) is 0 Å². The average molecular weight is 310 g/mol. The van der Waals surface area contributed by atoms with Gasteiger partial charge in [0.15, 0.2) is 5.78 Å². The highest BCUT2D eigenvalue weighted by atomic mass is 16.1. The molecule has 0 radical (unpaired) electrons. The lowest BCUT2D eigenvalue weighted by Crippen LogP contribution is -2.24. The second-order valence-electron chi connectivity index (χ2n) is 7.66. The summed E-state index contributed by atoms with van der Waals surface area (Å²) in [7, 11) is 0. The first-order chi connectivity index (χ1) is 10.9.